The quantitative estimate of drug-likeness (QED) is 0.728. The Balaban J connectivity index is 2.02. The van der Waals surface area contributed by atoms with E-state index in [0.717, 1.165) is 5.75 Å². The molecule has 2 atom stereocenters. The van der Waals surface area contributed by atoms with E-state index in [0.29, 0.717) is 17.1 Å². The molecular formula is C17H21ClN2O4S. The number of nitrogens with one attached hydrogen (secondary N) is 1. The first-order chi connectivity index (χ1) is 12.0. The highest BCUT2D eigenvalue weighted by Crippen LogP contribution is 2.27. The van der Waals surface area contributed by atoms with Crippen molar-refractivity contribution in [1.29, 1.82) is 0 Å². The van der Waals surface area contributed by atoms with Gasteiger partial charge in [-0.25, -0.2) is 4.79 Å². The summed E-state index contributed by atoms with van der Waals surface area (Å²) in [5.41, 5.74) is 0.666. The van der Waals surface area contributed by atoms with Crippen LogP contribution in [0.15, 0.2) is 24.3 Å². The lowest BCUT2D eigenvalue weighted by Gasteiger charge is -2.19. The molecule has 0 spiro atoms. The van der Waals surface area contributed by atoms with E-state index in [-0.39, 0.29) is 24.8 Å². The molecule has 8 heteroatoms. The van der Waals surface area contributed by atoms with Gasteiger partial charge in [-0.1, -0.05) is 17.7 Å². The lowest BCUT2D eigenvalue weighted by molar-refractivity contribution is -0.145. The molecule has 2 rings (SSSR count). The summed E-state index contributed by atoms with van der Waals surface area (Å²) in [6.07, 6.45) is 2.52. The third-order valence-electron chi connectivity index (χ3n) is 4.03. The average Bonchev–Trinajstić information content (AvgIpc) is 2.99. The van der Waals surface area contributed by atoms with Crippen molar-refractivity contribution >= 4 is 46.8 Å². The summed E-state index contributed by atoms with van der Waals surface area (Å²) in [5.74, 6) is -0.708. The topological polar surface area (TPSA) is 75.7 Å². The number of methoxy groups -OCH3 is 1. The number of rotatable bonds is 7. The van der Waals surface area contributed by atoms with Crippen molar-refractivity contribution in [2.24, 2.45) is 5.92 Å². The molecule has 1 aromatic carbocycles. The maximum atomic E-state index is 12.5. The summed E-state index contributed by atoms with van der Waals surface area (Å²) in [5, 5.41) is 3.25. The SMILES string of the molecule is COC(=O)[C@H](CCSC)NC(=O)C1CC(=O)N(c2cccc(Cl)c2)C1. The lowest BCUT2D eigenvalue weighted by Crippen LogP contribution is -2.45. The molecule has 1 aliphatic rings. The molecule has 1 aliphatic heterocycles. The van der Waals surface area contributed by atoms with E-state index in [4.69, 9.17) is 16.3 Å². The van der Waals surface area contributed by atoms with Crippen molar-refractivity contribution < 1.29 is 19.1 Å². The van der Waals surface area contributed by atoms with Crippen LogP contribution in [0.1, 0.15) is 12.8 Å². The van der Waals surface area contributed by atoms with Crippen molar-refractivity contribution in [3.05, 3.63) is 29.3 Å². The van der Waals surface area contributed by atoms with Gasteiger partial charge in [-0.15, -0.1) is 0 Å². The molecule has 0 radical (unpaired) electrons. The van der Waals surface area contributed by atoms with Crippen molar-refractivity contribution in [2.75, 3.05) is 30.6 Å². The number of benzene rings is 1. The second kappa shape index (κ2) is 9.10. The van der Waals surface area contributed by atoms with Crippen LogP contribution < -0.4 is 10.2 Å². The van der Waals surface area contributed by atoms with Gasteiger partial charge in [0.05, 0.1) is 13.0 Å². The zero-order chi connectivity index (χ0) is 18.4. The van der Waals surface area contributed by atoms with Crippen molar-refractivity contribution in [3.63, 3.8) is 0 Å². The van der Waals surface area contributed by atoms with E-state index >= 15 is 0 Å². The largest absolute Gasteiger partial charge is 0.467 e. The fourth-order valence-electron chi connectivity index (χ4n) is 2.69. The Labute approximate surface area is 156 Å². The predicted octanol–water partition coefficient (Wildman–Crippen LogP) is 2.10. The Hall–Kier alpha value is -1.73. The van der Waals surface area contributed by atoms with Gasteiger partial charge in [0.25, 0.3) is 0 Å². The number of hydrogen-bond acceptors (Lipinski definition) is 5. The second-order valence-corrected chi connectivity index (χ2v) is 7.17. The monoisotopic (exact) mass is 384 g/mol. The summed E-state index contributed by atoms with van der Waals surface area (Å²) in [7, 11) is 1.29. The minimum atomic E-state index is -0.694. The maximum absolute atomic E-state index is 12.5. The third-order valence-corrected chi connectivity index (χ3v) is 4.91. The van der Waals surface area contributed by atoms with Gasteiger partial charge in [-0.3, -0.25) is 9.59 Å². The molecule has 1 unspecified atom stereocenters. The van der Waals surface area contributed by atoms with Crippen LogP contribution in [0.4, 0.5) is 5.69 Å². The maximum Gasteiger partial charge on any atom is 0.328 e. The number of thioether (sulfide) groups is 1. The Bertz CT molecular complexity index is 655. The Kier molecular flexibility index (Phi) is 7.13. The number of amides is 2. The highest BCUT2D eigenvalue weighted by Gasteiger charge is 2.36. The molecule has 0 bridgehead atoms. The molecule has 1 aromatic rings. The molecule has 1 heterocycles. The van der Waals surface area contributed by atoms with Crippen molar-refractivity contribution in [2.45, 2.75) is 18.9 Å². The molecular weight excluding hydrogens is 364 g/mol. The van der Waals surface area contributed by atoms with Crippen molar-refractivity contribution in [3.8, 4) is 0 Å². The first-order valence-electron chi connectivity index (χ1n) is 7.89. The number of hydrogen-bond donors (Lipinski definition) is 1. The molecule has 1 N–H and O–H groups in total. The first kappa shape index (κ1) is 19.6. The normalized spacial score (nSPS) is 18.1. The zero-order valence-corrected chi connectivity index (χ0v) is 15.7. The highest BCUT2D eigenvalue weighted by atomic mass is 35.5. The minimum Gasteiger partial charge on any atom is -0.467 e. The fourth-order valence-corrected chi connectivity index (χ4v) is 3.35. The van der Waals surface area contributed by atoms with Crippen LogP contribution in [0.25, 0.3) is 0 Å². The molecule has 0 aliphatic carbocycles. The van der Waals surface area contributed by atoms with Gasteiger partial charge < -0.3 is 15.0 Å². The second-order valence-electron chi connectivity index (χ2n) is 5.75. The zero-order valence-electron chi connectivity index (χ0n) is 14.2. The Morgan fingerprint density at radius 2 is 2.24 bits per heavy atom. The van der Waals surface area contributed by atoms with Gasteiger partial charge in [0.1, 0.15) is 6.04 Å². The summed E-state index contributed by atoms with van der Waals surface area (Å²) in [4.78, 5) is 38.1. The molecule has 2 amide bonds. The van der Waals surface area contributed by atoms with Gasteiger partial charge >= 0.3 is 5.97 Å². The van der Waals surface area contributed by atoms with Crippen LogP contribution in [-0.2, 0) is 19.1 Å². The number of esters is 1. The minimum absolute atomic E-state index is 0.106. The van der Waals surface area contributed by atoms with Gasteiger partial charge in [-0.05, 0) is 36.6 Å². The molecule has 0 saturated carbocycles. The summed E-state index contributed by atoms with van der Waals surface area (Å²) >= 11 is 7.55. The number of carbonyl (C=O) groups excluding carboxylic acids is 3. The molecule has 136 valence electrons. The van der Waals surface area contributed by atoms with Crippen LogP contribution in [0, 0.1) is 5.92 Å². The van der Waals surface area contributed by atoms with E-state index < -0.39 is 17.9 Å². The first-order valence-corrected chi connectivity index (χ1v) is 9.66. The molecule has 6 nitrogen and oxygen atoms in total. The van der Waals surface area contributed by atoms with Gasteiger partial charge in [0.2, 0.25) is 11.8 Å². The third kappa shape index (κ3) is 5.12. The fraction of sp³-hybridized carbons (Fsp3) is 0.471. The van der Waals surface area contributed by atoms with Crippen LogP contribution >= 0.6 is 23.4 Å². The Morgan fingerprint density at radius 3 is 2.88 bits per heavy atom. The number of anilines is 1. The number of ether oxygens (including phenoxy) is 1. The lowest BCUT2D eigenvalue weighted by atomic mass is 10.1. The molecule has 25 heavy (non-hydrogen) atoms. The summed E-state index contributed by atoms with van der Waals surface area (Å²) < 4.78 is 4.74. The average molecular weight is 385 g/mol. The number of carbonyl (C=O) groups is 3. The molecule has 0 aromatic heterocycles. The molecule has 1 fully saturated rings. The van der Waals surface area contributed by atoms with Gasteiger partial charge in [-0.2, -0.15) is 11.8 Å². The smallest absolute Gasteiger partial charge is 0.328 e. The Morgan fingerprint density at radius 1 is 1.48 bits per heavy atom. The predicted molar refractivity (Wildman–Crippen MR) is 98.9 cm³/mol. The number of nitrogens with zero attached hydrogens (tertiary/aromatic N) is 1. The standard InChI is InChI=1S/C17H21ClN2O4S/c1-24-17(23)14(6-7-25-2)19-16(22)11-8-15(21)20(10-11)13-5-3-4-12(18)9-13/h3-5,9,11,14H,6-8,10H2,1-2H3,(H,19,22)/t11?,14-/m0/s1. The van der Waals surface area contributed by atoms with Gasteiger partial charge in [0, 0.05) is 23.7 Å². The van der Waals surface area contributed by atoms with Gasteiger partial charge in [0.15, 0.2) is 0 Å². The van der Waals surface area contributed by atoms with Crippen LogP contribution in [0.5, 0.6) is 0 Å². The highest BCUT2D eigenvalue weighted by molar-refractivity contribution is 7.98. The summed E-state index contributed by atoms with van der Waals surface area (Å²) in [6.45, 7) is 0.265. The van der Waals surface area contributed by atoms with Crippen LogP contribution in [0.2, 0.25) is 5.02 Å². The summed E-state index contributed by atoms with van der Waals surface area (Å²) in [6, 6.07) is 6.26. The van der Waals surface area contributed by atoms with Crippen molar-refractivity contribution in [1.82, 2.24) is 5.32 Å². The van der Waals surface area contributed by atoms with E-state index in [2.05, 4.69) is 5.32 Å². The van der Waals surface area contributed by atoms with E-state index in [1.165, 1.54) is 7.11 Å². The van der Waals surface area contributed by atoms with E-state index in [1.54, 1.807) is 40.9 Å². The molecule has 1 saturated heterocycles. The van der Waals surface area contributed by atoms with E-state index in [9.17, 15) is 14.4 Å². The van der Waals surface area contributed by atoms with Crippen LogP contribution in [-0.4, -0.2) is 49.5 Å². The van der Waals surface area contributed by atoms with Crippen LogP contribution in [0.3, 0.4) is 0 Å². The van der Waals surface area contributed by atoms with E-state index in [1.807, 2.05) is 6.26 Å². The number of halogens is 1.